The van der Waals surface area contributed by atoms with E-state index < -0.39 is 9.84 Å². The van der Waals surface area contributed by atoms with E-state index in [1.807, 2.05) is 0 Å². The Morgan fingerprint density at radius 2 is 2.07 bits per heavy atom. The Morgan fingerprint density at radius 3 is 2.53 bits per heavy atom. The molecule has 2 heterocycles. The molecule has 4 nitrogen and oxygen atoms in total. The molecule has 0 N–H and O–H groups in total. The fraction of sp³-hybridized carbons (Fsp3) is 0.900. The molecule has 15 heavy (non-hydrogen) atoms. The van der Waals surface area contributed by atoms with Crippen molar-refractivity contribution in [3.63, 3.8) is 0 Å². The first-order chi connectivity index (χ1) is 7.06. The molecule has 84 valence electrons. The first kappa shape index (κ1) is 9.78. The van der Waals surface area contributed by atoms with Crippen molar-refractivity contribution in [3.8, 4) is 0 Å². The molecular weight excluding hydrogens is 214 g/mol. The fourth-order valence-corrected chi connectivity index (χ4v) is 5.30. The van der Waals surface area contributed by atoms with Crippen molar-refractivity contribution in [1.82, 2.24) is 4.90 Å². The number of rotatable bonds is 1. The molecule has 0 amide bonds. The van der Waals surface area contributed by atoms with Crippen LogP contribution in [-0.2, 0) is 14.6 Å². The van der Waals surface area contributed by atoms with Crippen molar-refractivity contribution in [1.29, 1.82) is 0 Å². The number of hydrogen-bond acceptors (Lipinski definition) is 4. The molecule has 3 unspecified atom stereocenters. The third kappa shape index (κ3) is 1.44. The van der Waals surface area contributed by atoms with Gasteiger partial charge in [-0.2, -0.15) is 0 Å². The smallest absolute Gasteiger partial charge is 0.156 e. The Bertz CT molecular complexity index is 403. The highest BCUT2D eigenvalue weighted by molar-refractivity contribution is 7.92. The highest BCUT2D eigenvalue weighted by atomic mass is 32.2. The number of hydrogen-bond donors (Lipinski definition) is 0. The highest BCUT2D eigenvalue weighted by Gasteiger charge is 2.50. The van der Waals surface area contributed by atoms with Crippen LogP contribution in [0.15, 0.2) is 0 Å². The number of ketones is 1. The van der Waals surface area contributed by atoms with E-state index in [1.165, 1.54) is 0 Å². The van der Waals surface area contributed by atoms with Gasteiger partial charge in [0.2, 0.25) is 0 Å². The molecule has 0 spiro atoms. The van der Waals surface area contributed by atoms with E-state index >= 15 is 0 Å². The molecule has 0 aromatic heterocycles. The number of sulfone groups is 1. The topological polar surface area (TPSA) is 54.5 Å². The van der Waals surface area contributed by atoms with Gasteiger partial charge in [-0.15, -0.1) is 0 Å². The average molecular weight is 229 g/mol. The maximum Gasteiger partial charge on any atom is 0.156 e. The lowest BCUT2D eigenvalue weighted by atomic mass is 10.2. The highest BCUT2D eigenvalue weighted by Crippen LogP contribution is 2.37. The van der Waals surface area contributed by atoms with E-state index in [-0.39, 0.29) is 11.3 Å². The number of likely N-dealkylation sites (tertiary alicyclic amines) is 1. The molecule has 1 saturated carbocycles. The van der Waals surface area contributed by atoms with Gasteiger partial charge >= 0.3 is 0 Å². The van der Waals surface area contributed by atoms with Gasteiger partial charge in [0.05, 0.1) is 11.0 Å². The normalized spacial score (nSPS) is 44.0. The van der Waals surface area contributed by atoms with E-state index in [1.54, 1.807) is 0 Å². The summed E-state index contributed by atoms with van der Waals surface area (Å²) >= 11 is 0. The molecule has 0 aromatic carbocycles. The summed E-state index contributed by atoms with van der Waals surface area (Å²) in [6.45, 7) is 0.672. The molecule has 1 aliphatic carbocycles. The van der Waals surface area contributed by atoms with Gasteiger partial charge in [0.1, 0.15) is 5.78 Å². The van der Waals surface area contributed by atoms with Crippen LogP contribution in [0.4, 0.5) is 0 Å². The third-order valence-electron chi connectivity index (χ3n) is 4.04. The molecule has 3 atom stereocenters. The molecule has 3 aliphatic rings. The third-order valence-corrected chi connectivity index (χ3v) is 6.25. The zero-order valence-electron chi connectivity index (χ0n) is 8.55. The van der Waals surface area contributed by atoms with Crippen LogP contribution >= 0.6 is 0 Å². The minimum absolute atomic E-state index is 0.141. The summed E-state index contributed by atoms with van der Waals surface area (Å²) in [5.74, 6) is 0.660. The minimum Gasteiger partial charge on any atom is -0.300 e. The van der Waals surface area contributed by atoms with E-state index in [0.717, 1.165) is 12.8 Å². The van der Waals surface area contributed by atoms with Crippen LogP contribution in [0.25, 0.3) is 0 Å². The maximum absolute atomic E-state index is 11.6. The van der Waals surface area contributed by atoms with Gasteiger partial charge in [-0.05, 0) is 12.8 Å². The monoisotopic (exact) mass is 229 g/mol. The van der Waals surface area contributed by atoms with Crippen molar-refractivity contribution in [2.45, 2.75) is 43.0 Å². The number of fused-ring (bicyclic) bond motifs is 2. The molecule has 2 saturated heterocycles. The SMILES string of the molecule is O=C1CCC(N2CC3CC2CS3(=O)=O)C1. The Morgan fingerprint density at radius 1 is 1.27 bits per heavy atom. The zero-order valence-corrected chi connectivity index (χ0v) is 9.37. The standard InChI is InChI=1S/C10H15NO3S/c12-9-2-1-7(3-9)11-5-10-4-8(11)6-15(10,13)14/h7-8,10H,1-6H2. The van der Waals surface area contributed by atoms with Crippen molar-refractivity contribution < 1.29 is 13.2 Å². The first-order valence-corrected chi connectivity index (χ1v) is 7.27. The summed E-state index contributed by atoms with van der Waals surface area (Å²) < 4.78 is 23.1. The maximum atomic E-state index is 11.6. The summed E-state index contributed by atoms with van der Waals surface area (Å²) in [5, 5.41) is -0.141. The van der Waals surface area contributed by atoms with E-state index in [2.05, 4.69) is 4.90 Å². The van der Waals surface area contributed by atoms with Gasteiger partial charge < -0.3 is 0 Å². The van der Waals surface area contributed by atoms with Crippen LogP contribution in [0, 0.1) is 0 Å². The molecule has 0 radical (unpaired) electrons. The number of nitrogens with zero attached hydrogens (tertiary/aromatic N) is 1. The van der Waals surface area contributed by atoms with Crippen molar-refractivity contribution in [2.75, 3.05) is 12.3 Å². The lowest BCUT2D eigenvalue weighted by Gasteiger charge is -2.31. The first-order valence-electron chi connectivity index (χ1n) is 5.55. The molecule has 3 fully saturated rings. The Hall–Kier alpha value is -0.420. The van der Waals surface area contributed by atoms with Gasteiger partial charge in [-0.1, -0.05) is 0 Å². The van der Waals surface area contributed by atoms with Crippen LogP contribution < -0.4 is 0 Å². The van der Waals surface area contributed by atoms with E-state index in [9.17, 15) is 13.2 Å². The van der Waals surface area contributed by atoms with Gasteiger partial charge in [-0.3, -0.25) is 9.69 Å². The van der Waals surface area contributed by atoms with Gasteiger partial charge in [0.25, 0.3) is 0 Å². The predicted octanol–water partition coefficient (Wildman–Crippen LogP) is -0.0207. The Balaban J connectivity index is 1.75. The van der Waals surface area contributed by atoms with Crippen molar-refractivity contribution in [2.24, 2.45) is 0 Å². The molecule has 0 aromatic rings. The number of carbonyl (C=O) groups is 1. The summed E-state index contributed by atoms with van der Waals surface area (Å²) in [5.41, 5.74) is 0. The Labute approximate surface area is 89.6 Å². The summed E-state index contributed by atoms with van der Waals surface area (Å²) in [6.07, 6.45) is 3.06. The molecule has 2 aliphatic heterocycles. The minimum atomic E-state index is -2.79. The molecular formula is C10H15NO3S. The second-order valence-electron chi connectivity index (χ2n) is 4.97. The largest absolute Gasteiger partial charge is 0.300 e. The predicted molar refractivity (Wildman–Crippen MR) is 55.3 cm³/mol. The number of Topliss-reactive ketones (excluding diaryl/α,β-unsaturated/α-hetero) is 1. The number of carbonyl (C=O) groups excluding carboxylic acids is 1. The van der Waals surface area contributed by atoms with Crippen LogP contribution in [0.5, 0.6) is 0 Å². The van der Waals surface area contributed by atoms with E-state index in [4.69, 9.17) is 0 Å². The molecule has 3 rings (SSSR count). The van der Waals surface area contributed by atoms with Crippen LogP contribution in [0.2, 0.25) is 0 Å². The molecule has 5 heteroatoms. The van der Waals surface area contributed by atoms with E-state index in [0.29, 0.717) is 37.0 Å². The zero-order chi connectivity index (χ0) is 10.6. The quantitative estimate of drug-likeness (QED) is 0.634. The van der Waals surface area contributed by atoms with Gasteiger partial charge in [0, 0.05) is 31.5 Å². The lowest BCUT2D eigenvalue weighted by Crippen LogP contribution is -2.45. The summed E-state index contributed by atoms with van der Waals surface area (Å²) in [4.78, 5) is 13.5. The summed E-state index contributed by atoms with van der Waals surface area (Å²) in [7, 11) is -2.79. The Kier molecular flexibility index (Phi) is 1.98. The van der Waals surface area contributed by atoms with Gasteiger partial charge in [0.15, 0.2) is 9.84 Å². The van der Waals surface area contributed by atoms with Crippen molar-refractivity contribution >= 4 is 15.6 Å². The van der Waals surface area contributed by atoms with Gasteiger partial charge in [-0.25, -0.2) is 8.42 Å². The van der Waals surface area contributed by atoms with Crippen molar-refractivity contribution in [3.05, 3.63) is 0 Å². The van der Waals surface area contributed by atoms with Crippen LogP contribution in [-0.4, -0.2) is 48.7 Å². The second-order valence-corrected chi connectivity index (χ2v) is 7.30. The van der Waals surface area contributed by atoms with Crippen LogP contribution in [0.3, 0.4) is 0 Å². The second kappa shape index (κ2) is 3.04. The van der Waals surface area contributed by atoms with Crippen LogP contribution in [0.1, 0.15) is 25.7 Å². The fourth-order valence-electron chi connectivity index (χ4n) is 3.25. The summed E-state index contributed by atoms with van der Waals surface area (Å²) in [6, 6.07) is 0.541. The lowest BCUT2D eigenvalue weighted by molar-refractivity contribution is -0.117. The average Bonchev–Trinajstić information content (AvgIpc) is 2.76. The molecule has 2 bridgehead atoms.